The lowest BCUT2D eigenvalue weighted by Crippen LogP contribution is -2.42. The lowest BCUT2D eigenvalue weighted by Gasteiger charge is -2.28. The number of anilines is 1. The summed E-state index contributed by atoms with van der Waals surface area (Å²) in [4.78, 5) is 14.3. The van der Waals surface area contributed by atoms with Crippen LogP contribution in [0.5, 0.6) is 0 Å². The first-order chi connectivity index (χ1) is 9.91. The van der Waals surface area contributed by atoms with E-state index in [2.05, 4.69) is 10.3 Å². The molecular formula is C13H14FN3O4. The number of pyridine rings is 1. The maximum Gasteiger partial charge on any atom is 0.281 e. The highest BCUT2D eigenvalue weighted by Crippen LogP contribution is 2.33. The molecule has 0 aliphatic heterocycles. The number of nitrogens with zero attached hydrogens (tertiary/aromatic N) is 2. The molecule has 1 heterocycles. The molecule has 0 unspecified atom stereocenters. The molecule has 2 rings (SSSR count). The number of rotatable bonds is 5. The Labute approximate surface area is 119 Å². The number of aromatic nitrogens is 1. The molecule has 8 heteroatoms. The van der Waals surface area contributed by atoms with E-state index in [1.165, 1.54) is 25.3 Å². The Bertz CT molecular complexity index is 688. The Hall–Kier alpha value is -2.32. The second-order valence-electron chi connectivity index (χ2n) is 4.91. The molecule has 1 aromatic carbocycles. The van der Waals surface area contributed by atoms with Gasteiger partial charge >= 0.3 is 0 Å². The highest BCUT2D eigenvalue weighted by molar-refractivity contribution is 5.97. The highest BCUT2D eigenvalue weighted by atomic mass is 19.1. The van der Waals surface area contributed by atoms with Crippen molar-refractivity contribution in [2.75, 3.05) is 18.5 Å². The van der Waals surface area contributed by atoms with Gasteiger partial charge in [0.05, 0.1) is 40.8 Å². The summed E-state index contributed by atoms with van der Waals surface area (Å²) in [5.74, 6) is -0.874. The van der Waals surface area contributed by atoms with E-state index in [0.717, 1.165) is 6.07 Å². The van der Waals surface area contributed by atoms with E-state index in [1.807, 2.05) is 0 Å². The second kappa shape index (κ2) is 5.58. The lowest BCUT2D eigenvalue weighted by atomic mass is 10.0. The number of aliphatic hydroxyl groups excluding tert-OH is 2. The predicted octanol–water partition coefficient (Wildman–Crippen LogP) is 1.44. The van der Waals surface area contributed by atoms with Gasteiger partial charge in [-0.3, -0.25) is 15.1 Å². The quantitative estimate of drug-likeness (QED) is 0.569. The average molecular weight is 295 g/mol. The zero-order valence-electron chi connectivity index (χ0n) is 11.2. The summed E-state index contributed by atoms with van der Waals surface area (Å²) in [5.41, 5.74) is -1.60. The van der Waals surface area contributed by atoms with Crippen LogP contribution in [0.15, 0.2) is 24.4 Å². The number of halogens is 1. The van der Waals surface area contributed by atoms with Gasteiger partial charge in [0.25, 0.3) is 5.69 Å². The van der Waals surface area contributed by atoms with E-state index in [1.54, 1.807) is 0 Å². The van der Waals surface area contributed by atoms with Crippen molar-refractivity contribution >= 4 is 22.3 Å². The van der Waals surface area contributed by atoms with Gasteiger partial charge in [0.1, 0.15) is 5.52 Å². The fraction of sp³-hybridized carbons (Fsp3) is 0.308. The third-order valence-corrected chi connectivity index (χ3v) is 3.14. The van der Waals surface area contributed by atoms with E-state index in [4.69, 9.17) is 0 Å². The summed E-state index contributed by atoms with van der Waals surface area (Å²) >= 11 is 0. The van der Waals surface area contributed by atoms with Gasteiger partial charge in [-0.15, -0.1) is 0 Å². The minimum Gasteiger partial charge on any atom is -0.394 e. The molecule has 7 nitrogen and oxygen atoms in total. The van der Waals surface area contributed by atoms with E-state index in [0.29, 0.717) is 0 Å². The van der Waals surface area contributed by atoms with Crippen molar-refractivity contribution < 1.29 is 19.5 Å². The number of aliphatic hydroxyl groups is 2. The number of hydrogen-bond acceptors (Lipinski definition) is 6. The van der Waals surface area contributed by atoms with E-state index >= 15 is 0 Å². The van der Waals surface area contributed by atoms with Crippen LogP contribution in [0.1, 0.15) is 6.92 Å². The number of non-ortho nitro benzene ring substituents is 1. The Morgan fingerprint density at radius 2 is 2.14 bits per heavy atom. The van der Waals surface area contributed by atoms with Crippen LogP contribution in [-0.4, -0.2) is 38.9 Å². The molecule has 0 atom stereocenters. The number of nitro benzene ring substituents is 1. The molecule has 0 fully saturated rings. The van der Waals surface area contributed by atoms with Gasteiger partial charge in [0.15, 0.2) is 5.82 Å². The number of fused-ring (bicyclic) bond motifs is 1. The van der Waals surface area contributed by atoms with Crippen LogP contribution in [-0.2, 0) is 0 Å². The zero-order chi connectivity index (χ0) is 15.6. The zero-order valence-corrected chi connectivity index (χ0v) is 11.2. The van der Waals surface area contributed by atoms with E-state index < -0.39 is 35.2 Å². The summed E-state index contributed by atoms with van der Waals surface area (Å²) in [7, 11) is 0. The largest absolute Gasteiger partial charge is 0.394 e. The molecule has 1 aromatic heterocycles. The predicted molar refractivity (Wildman–Crippen MR) is 74.6 cm³/mol. The fourth-order valence-corrected chi connectivity index (χ4v) is 1.90. The van der Waals surface area contributed by atoms with E-state index in [9.17, 15) is 24.7 Å². The lowest BCUT2D eigenvalue weighted by molar-refractivity contribution is -0.383. The Balaban J connectivity index is 2.68. The molecular weight excluding hydrogens is 281 g/mol. The molecule has 0 aliphatic carbocycles. The molecule has 112 valence electrons. The minimum atomic E-state index is -1.18. The average Bonchev–Trinajstić information content (AvgIpc) is 2.49. The summed E-state index contributed by atoms with van der Waals surface area (Å²) in [6.07, 6.45) is 1.38. The molecule has 0 bridgehead atoms. The van der Waals surface area contributed by atoms with Crippen LogP contribution in [0.3, 0.4) is 0 Å². The standard InChI is InChI=1S/C13H14FN3O4/c1-13(6-18,7-19)16-12-9(14)5-10(17(20)21)8-3-2-4-15-11(8)12/h2-5,16,18-19H,6-7H2,1H3. The number of nitrogens with one attached hydrogen (secondary N) is 1. The Morgan fingerprint density at radius 3 is 2.71 bits per heavy atom. The first-order valence-corrected chi connectivity index (χ1v) is 6.13. The van der Waals surface area contributed by atoms with Crippen LogP contribution in [0.25, 0.3) is 10.9 Å². The van der Waals surface area contributed by atoms with Gasteiger partial charge in [0.2, 0.25) is 0 Å². The maximum atomic E-state index is 14.2. The van der Waals surface area contributed by atoms with Crippen molar-refractivity contribution in [3.05, 3.63) is 40.3 Å². The summed E-state index contributed by atoms with van der Waals surface area (Å²) in [5, 5.41) is 32.4. The molecule has 21 heavy (non-hydrogen) atoms. The molecule has 0 aliphatic rings. The topological polar surface area (TPSA) is 109 Å². The number of hydrogen-bond donors (Lipinski definition) is 3. The molecule has 0 spiro atoms. The van der Waals surface area contributed by atoms with Gasteiger partial charge in [0, 0.05) is 6.20 Å². The molecule has 0 amide bonds. The molecule has 0 saturated heterocycles. The summed E-state index contributed by atoms with van der Waals surface area (Å²) in [6.45, 7) is 0.588. The Kier molecular flexibility index (Phi) is 4.01. The Morgan fingerprint density at radius 1 is 1.48 bits per heavy atom. The van der Waals surface area contributed by atoms with Gasteiger partial charge < -0.3 is 15.5 Å². The third kappa shape index (κ3) is 2.76. The van der Waals surface area contributed by atoms with Gasteiger partial charge in [-0.05, 0) is 19.1 Å². The third-order valence-electron chi connectivity index (χ3n) is 3.14. The maximum absolute atomic E-state index is 14.2. The van der Waals surface area contributed by atoms with Crippen molar-refractivity contribution in [1.29, 1.82) is 0 Å². The SMILES string of the molecule is CC(CO)(CO)Nc1c(F)cc([N+](=O)[O-])c2cccnc12. The van der Waals surface area contributed by atoms with Crippen molar-refractivity contribution in [3.8, 4) is 0 Å². The van der Waals surface area contributed by atoms with Crippen LogP contribution < -0.4 is 5.32 Å². The first-order valence-electron chi connectivity index (χ1n) is 6.13. The highest BCUT2D eigenvalue weighted by Gasteiger charge is 2.27. The second-order valence-corrected chi connectivity index (χ2v) is 4.91. The molecule has 2 aromatic rings. The van der Waals surface area contributed by atoms with Gasteiger partial charge in [-0.1, -0.05) is 0 Å². The van der Waals surface area contributed by atoms with Crippen LogP contribution >= 0.6 is 0 Å². The van der Waals surface area contributed by atoms with Gasteiger partial charge in [-0.2, -0.15) is 0 Å². The van der Waals surface area contributed by atoms with Crippen LogP contribution in [0, 0.1) is 15.9 Å². The van der Waals surface area contributed by atoms with Crippen molar-refractivity contribution in [2.24, 2.45) is 0 Å². The van der Waals surface area contributed by atoms with Crippen LogP contribution in [0.2, 0.25) is 0 Å². The van der Waals surface area contributed by atoms with Crippen LogP contribution in [0.4, 0.5) is 15.8 Å². The normalized spacial score (nSPS) is 11.6. The number of nitro groups is 1. The molecule has 3 N–H and O–H groups in total. The van der Waals surface area contributed by atoms with Gasteiger partial charge in [-0.25, -0.2) is 4.39 Å². The number of benzene rings is 1. The van der Waals surface area contributed by atoms with E-state index in [-0.39, 0.29) is 16.6 Å². The summed E-state index contributed by atoms with van der Waals surface area (Å²) in [6, 6.07) is 3.76. The summed E-state index contributed by atoms with van der Waals surface area (Å²) < 4.78 is 14.2. The van der Waals surface area contributed by atoms with Crippen molar-refractivity contribution in [1.82, 2.24) is 4.98 Å². The first kappa shape index (κ1) is 15.1. The molecule has 0 radical (unpaired) electrons. The van der Waals surface area contributed by atoms with Crippen molar-refractivity contribution in [3.63, 3.8) is 0 Å². The fourth-order valence-electron chi connectivity index (χ4n) is 1.90. The minimum absolute atomic E-state index is 0.0670. The molecule has 0 saturated carbocycles. The smallest absolute Gasteiger partial charge is 0.281 e. The van der Waals surface area contributed by atoms with Crippen molar-refractivity contribution in [2.45, 2.75) is 12.5 Å². The monoisotopic (exact) mass is 295 g/mol.